The van der Waals surface area contributed by atoms with Crippen LogP contribution in [0.2, 0.25) is 0 Å². The van der Waals surface area contributed by atoms with E-state index in [1.54, 1.807) is 4.31 Å². The van der Waals surface area contributed by atoms with Gasteiger partial charge in [-0.15, -0.1) is 0 Å². The second-order valence-corrected chi connectivity index (χ2v) is 6.11. The normalized spacial score (nSPS) is 25.4. The lowest BCUT2D eigenvalue weighted by atomic mass is 10.1. The predicted octanol–water partition coefficient (Wildman–Crippen LogP) is 0.215. The third kappa shape index (κ3) is 2.45. The zero-order chi connectivity index (χ0) is 11.6. The minimum absolute atomic E-state index is 0.474. The lowest BCUT2D eigenvalue weighted by Crippen LogP contribution is -2.49. The van der Waals surface area contributed by atoms with Gasteiger partial charge >= 0.3 is 0 Å². The van der Waals surface area contributed by atoms with Crippen molar-refractivity contribution in [3.05, 3.63) is 11.6 Å². The Labute approximate surface area is 96.9 Å². The molecule has 6 heteroatoms. The van der Waals surface area contributed by atoms with Crippen molar-refractivity contribution >= 4 is 10.2 Å². The van der Waals surface area contributed by atoms with Crippen molar-refractivity contribution < 1.29 is 13.2 Å². The van der Waals surface area contributed by atoms with E-state index in [1.807, 2.05) is 13.0 Å². The fraction of sp³-hybridized carbons (Fsp3) is 0.800. The van der Waals surface area contributed by atoms with Crippen LogP contribution in [0, 0.1) is 0 Å². The molecule has 92 valence electrons. The Morgan fingerprint density at radius 2 is 1.88 bits per heavy atom. The first-order valence-electron chi connectivity index (χ1n) is 5.59. The first-order valence-corrected chi connectivity index (χ1v) is 6.99. The van der Waals surface area contributed by atoms with Crippen LogP contribution in [-0.2, 0) is 14.9 Å². The average Bonchev–Trinajstić information content (AvgIpc) is 2.31. The molecule has 0 aliphatic carbocycles. The predicted molar refractivity (Wildman–Crippen MR) is 61.3 cm³/mol. The molecule has 0 spiro atoms. The Hall–Kier alpha value is -0.430. The Morgan fingerprint density at radius 1 is 1.19 bits per heavy atom. The van der Waals surface area contributed by atoms with Gasteiger partial charge in [-0.2, -0.15) is 17.0 Å². The number of hydrogen-bond donors (Lipinski definition) is 0. The topological polar surface area (TPSA) is 49.9 Å². The summed E-state index contributed by atoms with van der Waals surface area (Å²) in [6.07, 6.45) is 2.82. The maximum atomic E-state index is 12.2. The summed E-state index contributed by atoms with van der Waals surface area (Å²) >= 11 is 0. The zero-order valence-corrected chi connectivity index (χ0v) is 10.4. The van der Waals surface area contributed by atoms with Crippen LogP contribution in [0.25, 0.3) is 0 Å². The fourth-order valence-electron chi connectivity index (χ4n) is 1.90. The van der Waals surface area contributed by atoms with Gasteiger partial charge in [-0.05, 0) is 13.3 Å². The second kappa shape index (κ2) is 4.83. The molecule has 0 saturated carbocycles. The van der Waals surface area contributed by atoms with Crippen molar-refractivity contribution in [1.82, 2.24) is 8.61 Å². The molecule has 2 aliphatic rings. The summed E-state index contributed by atoms with van der Waals surface area (Å²) in [6, 6.07) is 0. The van der Waals surface area contributed by atoms with Crippen molar-refractivity contribution in [3.63, 3.8) is 0 Å². The lowest BCUT2D eigenvalue weighted by molar-refractivity contribution is 0.0703. The summed E-state index contributed by atoms with van der Waals surface area (Å²) in [5.74, 6) is 0. The molecule has 2 rings (SSSR count). The van der Waals surface area contributed by atoms with Gasteiger partial charge in [0.15, 0.2) is 0 Å². The van der Waals surface area contributed by atoms with Crippen molar-refractivity contribution in [2.75, 3.05) is 39.4 Å². The Morgan fingerprint density at radius 3 is 2.44 bits per heavy atom. The monoisotopic (exact) mass is 246 g/mol. The molecule has 1 fully saturated rings. The number of hydrogen-bond acceptors (Lipinski definition) is 3. The van der Waals surface area contributed by atoms with Crippen LogP contribution < -0.4 is 0 Å². The molecule has 0 unspecified atom stereocenters. The van der Waals surface area contributed by atoms with Crippen LogP contribution in [0.15, 0.2) is 11.6 Å². The molecule has 2 heterocycles. The molecule has 2 aliphatic heterocycles. The van der Waals surface area contributed by atoms with Gasteiger partial charge in [-0.3, -0.25) is 0 Å². The highest BCUT2D eigenvalue weighted by atomic mass is 32.2. The van der Waals surface area contributed by atoms with Gasteiger partial charge in [0.05, 0.1) is 13.2 Å². The van der Waals surface area contributed by atoms with Crippen LogP contribution in [0.3, 0.4) is 0 Å². The number of ether oxygens (including phenoxy) is 1. The molecule has 0 aromatic heterocycles. The number of rotatable bonds is 2. The molecule has 5 nitrogen and oxygen atoms in total. The molecular formula is C10H18N2O3S. The molecule has 0 bridgehead atoms. The van der Waals surface area contributed by atoms with Crippen molar-refractivity contribution in [1.29, 1.82) is 0 Å². The molecular weight excluding hydrogens is 228 g/mol. The van der Waals surface area contributed by atoms with E-state index in [9.17, 15) is 8.42 Å². The van der Waals surface area contributed by atoms with E-state index >= 15 is 0 Å². The summed E-state index contributed by atoms with van der Waals surface area (Å²) in [4.78, 5) is 0. The quantitative estimate of drug-likeness (QED) is 0.655. The van der Waals surface area contributed by atoms with Gasteiger partial charge in [0.2, 0.25) is 0 Å². The molecule has 0 N–H and O–H groups in total. The summed E-state index contributed by atoms with van der Waals surface area (Å²) < 4.78 is 32.7. The molecule has 0 atom stereocenters. The van der Waals surface area contributed by atoms with Crippen LogP contribution >= 0.6 is 0 Å². The van der Waals surface area contributed by atoms with Gasteiger partial charge in [0.1, 0.15) is 0 Å². The number of morpholine rings is 1. The molecule has 0 aromatic carbocycles. The lowest BCUT2D eigenvalue weighted by Gasteiger charge is -2.33. The SMILES string of the molecule is CC1=CCN(S(=O)(=O)N2CCOCC2)CC1. The van der Waals surface area contributed by atoms with Gasteiger partial charge in [-0.1, -0.05) is 11.6 Å². The van der Waals surface area contributed by atoms with Crippen molar-refractivity contribution in [3.8, 4) is 0 Å². The maximum absolute atomic E-state index is 12.2. The van der Waals surface area contributed by atoms with Gasteiger partial charge < -0.3 is 4.74 Å². The third-order valence-electron chi connectivity index (χ3n) is 3.02. The summed E-state index contributed by atoms with van der Waals surface area (Å²) in [6.45, 7) is 5.10. The van der Waals surface area contributed by atoms with Gasteiger partial charge in [0.25, 0.3) is 10.2 Å². The highest BCUT2D eigenvalue weighted by Crippen LogP contribution is 2.17. The Balaban J connectivity index is 2.06. The molecule has 0 amide bonds. The second-order valence-electron chi connectivity index (χ2n) is 4.18. The van der Waals surface area contributed by atoms with Crippen LogP contribution in [0.4, 0.5) is 0 Å². The van der Waals surface area contributed by atoms with E-state index in [2.05, 4.69) is 0 Å². The zero-order valence-electron chi connectivity index (χ0n) is 9.55. The molecule has 0 aromatic rings. The maximum Gasteiger partial charge on any atom is 0.282 e. The Bertz CT molecular complexity index is 372. The minimum atomic E-state index is -3.27. The van der Waals surface area contributed by atoms with E-state index in [0.717, 1.165) is 6.42 Å². The third-order valence-corrected chi connectivity index (χ3v) is 5.02. The van der Waals surface area contributed by atoms with Crippen LogP contribution in [0.1, 0.15) is 13.3 Å². The van der Waals surface area contributed by atoms with Gasteiger partial charge in [0, 0.05) is 26.2 Å². The van der Waals surface area contributed by atoms with E-state index in [1.165, 1.54) is 9.88 Å². The smallest absolute Gasteiger partial charge is 0.282 e. The van der Waals surface area contributed by atoms with Crippen molar-refractivity contribution in [2.24, 2.45) is 0 Å². The standard InChI is InChI=1S/C10H18N2O3S/c1-10-2-4-11(5-3-10)16(13,14)12-6-8-15-9-7-12/h2H,3-9H2,1H3. The minimum Gasteiger partial charge on any atom is -0.379 e. The van der Waals surface area contributed by atoms with Crippen molar-refractivity contribution in [2.45, 2.75) is 13.3 Å². The van der Waals surface area contributed by atoms with E-state index in [0.29, 0.717) is 39.4 Å². The van der Waals surface area contributed by atoms with Gasteiger partial charge in [-0.25, -0.2) is 0 Å². The number of nitrogens with zero attached hydrogens (tertiary/aromatic N) is 2. The molecule has 16 heavy (non-hydrogen) atoms. The average molecular weight is 246 g/mol. The van der Waals surface area contributed by atoms with E-state index in [4.69, 9.17) is 4.74 Å². The largest absolute Gasteiger partial charge is 0.379 e. The van der Waals surface area contributed by atoms with Crippen LogP contribution in [-0.4, -0.2) is 56.4 Å². The summed E-state index contributed by atoms with van der Waals surface area (Å²) in [7, 11) is -3.27. The highest BCUT2D eigenvalue weighted by Gasteiger charge is 2.31. The first kappa shape index (κ1) is 12.0. The summed E-state index contributed by atoms with van der Waals surface area (Å²) in [5.41, 5.74) is 1.27. The fourth-order valence-corrected chi connectivity index (χ4v) is 3.42. The first-order chi connectivity index (χ1) is 7.60. The van der Waals surface area contributed by atoms with Crippen LogP contribution in [0.5, 0.6) is 0 Å². The summed E-state index contributed by atoms with van der Waals surface area (Å²) in [5, 5.41) is 0. The molecule has 0 radical (unpaired) electrons. The van der Waals surface area contributed by atoms with E-state index in [-0.39, 0.29) is 0 Å². The molecule has 1 saturated heterocycles. The van der Waals surface area contributed by atoms with E-state index < -0.39 is 10.2 Å². The highest BCUT2D eigenvalue weighted by molar-refractivity contribution is 7.86. The Kier molecular flexibility index (Phi) is 3.63.